The lowest BCUT2D eigenvalue weighted by molar-refractivity contribution is 0.0589. The Bertz CT molecular complexity index is 228. The first-order valence-corrected chi connectivity index (χ1v) is 6.99. The highest BCUT2D eigenvalue weighted by Crippen LogP contribution is 2.27. The third kappa shape index (κ3) is 2.41. The molecule has 3 aliphatic rings. The molecule has 0 spiro atoms. The zero-order chi connectivity index (χ0) is 10.8. The Labute approximate surface area is 98.5 Å². The van der Waals surface area contributed by atoms with Crippen LogP contribution in [0.15, 0.2) is 0 Å². The molecule has 0 radical (unpaired) electrons. The quantitative estimate of drug-likeness (QED) is 0.767. The van der Waals surface area contributed by atoms with Gasteiger partial charge in [0.15, 0.2) is 0 Å². The van der Waals surface area contributed by atoms with E-state index >= 15 is 0 Å². The fraction of sp³-hybridized carbons (Fsp3) is 1.00. The molecule has 0 saturated carbocycles. The summed E-state index contributed by atoms with van der Waals surface area (Å²) >= 11 is 0. The average molecular weight is 224 g/mol. The van der Waals surface area contributed by atoms with Crippen molar-refractivity contribution in [3.05, 3.63) is 0 Å². The van der Waals surface area contributed by atoms with Gasteiger partial charge in [-0.25, -0.2) is 0 Å². The van der Waals surface area contributed by atoms with Crippen molar-refractivity contribution >= 4 is 0 Å². The van der Waals surface area contributed by atoms with Crippen LogP contribution in [0.1, 0.15) is 38.5 Å². The van der Waals surface area contributed by atoms with Crippen LogP contribution >= 0.6 is 0 Å². The number of nitrogens with zero attached hydrogens (tertiary/aromatic N) is 1. The van der Waals surface area contributed by atoms with E-state index in [1.54, 1.807) is 0 Å². The van der Waals surface area contributed by atoms with E-state index in [1.807, 2.05) is 0 Å². The maximum absolute atomic E-state index is 5.54. The fourth-order valence-corrected chi connectivity index (χ4v) is 3.58. The molecule has 3 rings (SSSR count). The van der Waals surface area contributed by atoms with E-state index in [-0.39, 0.29) is 0 Å². The summed E-state index contributed by atoms with van der Waals surface area (Å²) in [6.45, 7) is 4.57. The first-order valence-electron chi connectivity index (χ1n) is 6.99. The zero-order valence-corrected chi connectivity index (χ0v) is 10.2. The molecule has 3 aliphatic heterocycles. The molecular formula is C13H24N2O. The Morgan fingerprint density at radius 3 is 2.88 bits per heavy atom. The molecule has 0 aromatic carbocycles. The van der Waals surface area contributed by atoms with Crippen LogP contribution in [0.5, 0.6) is 0 Å². The number of piperidine rings is 1. The van der Waals surface area contributed by atoms with E-state index in [1.165, 1.54) is 51.6 Å². The summed E-state index contributed by atoms with van der Waals surface area (Å²) in [5.41, 5.74) is 0. The van der Waals surface area contributed by atoms with Gasteiger partial charge in [-0.05, 0) is 51.6 Å². The van der Waals surface area contributed by atoms with Crippen molar-refractivity contribution in [2.45, 2.75) is 56.7 Å². The van der Waals surface area contributed by atoms with E-state index in [9.17, 15) is 0 Å². The predicted molar refractivity (Wildman–Crippen MR) is 64.6 cm³/mol. The van der Waals surface area contributed by atoms with Crippen molar-refractivity contribution in [1.82, 2.24) is 10.2 Å². The normalized spacial score (nSPS) is 40.9. The van der Waals surface area contributed by atoms with Crippen molar-refractivity contribution < 1.29 is 4.74 Å². The van der Waals surface area contributed by atoms with Crippen LogP contribution in [-0.2, 0) is 4.74 Å². The molecule has 0 aliphatic carbocycles. The van der Waals surface area contributed by atoms with Crippen LogP contribution in [0.4, 0.5) is 0 Å². The van der Waals surface area contributed by atoms with Gasteiger partial charge in [0.2, 0.25) is 0 Å². The Morgan fingerprint density at radius 2 is 2.00 bits per heavy atom. The molecule has 3 heteroatoms. The Kier molecular flexibility index (Phi) is 3.46. The summed E-state index contributed by atoms with van der Waals surface area (Å²) in [5, 5.41) is 3.82. The molecule has 16 heavy (non-hydrogen) atoms. The second-order valence-corrected chi connectivity index (χ2v) is 5.63. The van der Waals surface area contributed by atoms with Gasteiger partial charge in [-0.1, -0.05) is 0 Å². The lowest BCUT2D eigenvalue weighted by Gasteiger charge is -2.37. The molecular weight excluding hydrogens is 200 g/mol. The van der Waals surface area contributed by atoms with Gasteiger partial charge in [0, 0.05) is 24.7 Å². The van der Waals surface area contributed by atoms with Gasteiger partial charge < -0.3 is 15.0 Å². The molecule has 0 aromatic heterocycles. The summed E-state index contributed by atoms with van der Waals surface area (Å²) in [6.07, 6.45) is 8.11. The van der Waals surface area contributed by atoms with Gasteiger partial charge in [0.25, 0.3) is 0 Å². The Balaban J connectivity index is 1.48. The van der Waals surface area contributed by atoms with Crippen LogP contribution in [0, 0.1) is 0 Å². The molecule has 3 fully saturated rings. The van der Waals surface area contributed by atoms with E-state index in [0.29, 0.717) is 6.04 Å². The van der Waals surface area contributed by atoms with Crippen molar-refractivity contribution in [2.24, 2.45) is 0 Å². The molecule has 0 bridgehead atoms. The molecule has 0 aromatic rings. The molecule has 0 amide bonds. The Hall–Kier alpha value is -0.120. The SMILES string of the molecule is C1COCC(NC2CCN3CCCC3C2)C1. The minimum absolute atomic E-state index is 0.631. The lowest BCUT2D eigenvalue weighted by Crippen LogP contribution is -2.50. The lowest BCUT2D eigenvalue weighted by atomic mass is 9.96. The summed E-state index contributed by atoms with van der Waals surface area (Å²) in [6, 6.07) is 2.27. The van der Waals surface area contributed by atoms with E-state index < -0.39 is 0 Å². The van der Waals surface area contributed by atoms with Crippen LogP contribution in [0.2, 0.25) is 0 Å². The largest absolute Gasteiger partial charge is 0.380 e. The number of rotatable bonds is 2. The maximum Gasteiger partial charge on any atom is 0.0619 e. The number of ether oxygens (including phenoxy) is 1. The number of hydrogen-bond acceptors (Lipinski definition) is 3. The van der Waals surface area contributed by atoms with Crippen molar-refractivity contribution in [1.29, 1.82) is 0 Å². The predicted octanol–water partition coefficient (Wildman–Crippen LogP) is 1.38. The number of hydrogen-bond donors (Lipinski definition) is 1. The van der Waals surface area contributed by atoms with Crippen LogP contribution in [0.3, 0.4) is 0 Å². The summed E-state index contributed by atoms with van der Waals surface area (Å²) < 4.78 is 5.54. The summed E-state index contributed by atoms with van der Waals surface area (Å²) in [5.74, 6) is 0. The van der Waals surface area contributed by atoms with Crippen LogP contribution in [0.25, 0.3) is 0 Å². The van der Waals surface area contributed by atoms with Crippen molar-refractivity contribution in [2.75, 3.05) is 26.3 Å². The number of fused-ring (bicyclic) bond motifs is 1. The van der Waals surface area contributed by atoms with Crippen LogP contribution in [-0.4, -0.2) is 49.3 Å². The van der Waals surface area contributed by atoms with Gasteiger partial charge in [-0.15, -0.1) is 0 Å². The highest BCUT2D eigenvalue weighted by molar-refractivity contribution is 4.90. The third-order valence-electron chi connectivity index (χ3n) is 4.45. The minimum atomic E-state index is 0.631. The van der Waals surface area contributed by atoms with Crippen molar-refractivity contribution in [3.63, 3.8) is 0 Å². The first kappa shape index (κ1) is 11.0. The topological polar surface area (TPSA) is 24.5 Å². The smallest absolute Gasteiger partial charge is 0.0619 e. The second-order valence-electron chi connectivity index (χ2n) is 5.63. The van der Waals surface area contributed by atoms with E-state index in [0.717, 1.165) is 25.3 Å². The first-order chi connectivity index (χ1) is 7.92. The van der Waals surface area contributed by atoms with Gasteiger partial charge >= 0.3 is 0 Å². The molecule has 3 nitrogen and oxygen atoms in total. The second kappa shape index (κ2) is 5.03. The van der Waals surface area contributed by atoms with Gasteiger partial charge in [-0.3, -0.25) is 0 Å². The summed E-state index contributed by atoms with van der Waals surface area (Å²) in [7, 11) is 0. The minimum Gasteiger partial charge on any atom is -0.380 e. The highest BCUT2D eigenvalue weighted by Gasteiger charge is 2.32. The maximum atomic E-state index is 5.54. The molecule has 92 valence electrons. The van der Waals surface area contributed by atoms with Crippen LogP contribution < -0.4 is 5.32 Å². The van der Waals surface area contributed by atoms with Gasteiger partial charge in [0.05, 0.1) is 6.61 Å². The average Bonchev–Trinajstić information content (AvgIpc) is 2.77. The fourth-order valence-electron chi connectivity index (χ4n) is 3.58. The van der Waals surface area contributed by atoms with E-state index in [4.69, 9.17) is 4.74 Å². The molecule has 3 heterocycles. The van der Waals surface area contributed by atoms with Gasteiger partial charge in [0.1, 0.15) is 0 Å². The number of nitrogens with one attached hydrogen (secondary N) is 1. The zero-order valence-electron chi connectivity index (χ0n) is 10.2. The Morgan fingerprint density at radius 1 is 1.00 bits per heavy atom. The standard InChI is InChI=1S/C13H24N2O/c1-4-13-9-11(5-7-15(13)6-1)14-12-3-2-8-16-10-12/h11-14H,1-10H2. The molecule has 3 saturated heterocycles. The van der Waals surface area contributed by atoms with E-state index in [2.05, 4.69) is 10.2 Å². The summed E-state index contributed by atoms with van der Waals surface area (Å²) in [4.78, 5) is 2.69. The van der Waals surface area contributed by atoms with Crippen molar-refractivity contribution in [3.8, 4) is 0 Å². The molecule has 3 atom stereocenters. The highest BCUT2D eigenvalue weighted by atomic mass is 16.5. The monoisotopic (exact) mass is 224 g/mol. The molecule has 1 N–H and O–H groups in total. The molecule has 3 unspecified atom stereocenters. The third-order valence-corrected chi connectivity index (χ3v) is 4.45. The van der Waals surface area contributed by atoms with Gasteiger partial charge in [-0.2, -0.15) is 0 Å².